The van der Waals surface area contributed by atoms with Gasteiger partial charge in [0.2, 0.25) is 0 Å². The number of likely N-dealkylation sites (tertiary alicyclic amines) is 1. The van der Waals surface area contributed by atoms with Crippen molar-refractivity contribution in [1.82, 2.24) is 9.80 Å². The van der Waals surface area contributed by atoms with E-state index in [0.29, 0.717) is 0 Å². The molecule has 142 valence electrons. The predicted octanol–water partition coefficient (Wildman–Crippen LogP) is 3.90. The molecule has 0 aliphatic carbocycles. The van der Waals surface area contributed by atoms with E-state index in [4.69, 9.17) is 11.6 Å². The van der Waals surface area contributed by atoms with Gasteiger partial charge in [-0.1, -0.05) is 29.8 Å². The van der Waals surface area contributed by atoms with Crippen molar-refractivity contribution in [1.29, 1.82) is 0 Å². The van der Waals surface area contributed by atoms with Crippen LogP contribution in [0.25, 0.3) is 0 Å². The molecule has 4 rings (SSSR count). The van der Waals surface area contributed by atoms with E-state index in [1.807, 2.05) is 35.2 Å². The minimum Gasteiger partial charge on any atom is -0.369 e. The molecule has 0 unspecified atom stereocenters. The first-order chi connectivity index (χ1) is 13.2. The van der Waals surface area contributed by atoms with Crippen molar-refractivity contribution in [3.63, 3.8) is 0 Å². The van der Waals surface area contributed by atoms with E-state index in [0.717, 1.165) is 69.2 Å². The van der Waals surface area contributed by atoms with Crippen LogP contribution >= 0.6 is 11.6 Å². The zero-order chi connectivity index (χ0) is 18.6. The Morgan fingerprint density at radius 2 is 1.59 bits per heavy atom. The van der Waals surface area contributed by atoms with E-state index in [-0.39, 0.29) is 5.91 Å². The van der Waals surface area contributed by atoms with Crippen molar-refractivity contribution < 1.29 is 4.79 Å². The minimum atomic E-state index is 0.175. The van der Waals surface area contributed by atoms with Crippen LogP contribution in [0.15, 0.2) is 48.5 Å². The second-order valence-corrected chi connectivity index (χ2v) is 7.88. The number of hydrogen-bond donors (Lipinski definition) is 0. The molecule has 0 bridgehead atoms. The third kappa shape index (κ3) is 4.45. The lowest BCUT2D eigenvalue weighted by atomic mass is 10.1. The molecule has 2 heterocycles. The summed E-state index contributed by atoms with van der Waals surface area (Å²) in [6.07, 6.45) is 2.26. The molecule has 0 spiro atoms. The van der Waals surface area contributed by atoms with E-state index in [1.165, 1.54) is 11.3 Å². The molecular formula is C22H26ClN3O. The number of carbonyl (C=O) groups is 1. The number of anilines is 1. The lowest BCUT2D eigenvalue weighted by Crippen LogP contribution is -2.45. The molecule has 2 aliphatic rings. The zero-order valence-electron chi connectivity index (χ0n) is 15.6. The van der Waals surface area contributed by atoms with Crippen molar-refractivity contribution in [3.8, 4) is 0 Å². The average molecular weight is 384 g/mol. The monoisotopic (exact) mass is 383 g/mol. The van der Waals surface area contributed by atoms with Crippen LogP contribution in [0.3, 0.4) is 0 Å². The van der Waals surface area contributed by atoms with Crippen LogP contribution in [-0.2, 0) is 6.54 Å². The van der Waals surface area contributed by atoms with Crippen molar-refractivity contribution in [3.05, 3.63) is 64.7 Å². The third-order valence-corrected chi connectivity index (χ3v) is 5.78. The van der Waals surface area contributed by atoms with E-state index < -0.39 is 0 Å². The number of hydrogen-bond acceptors (Lipinski definition) is 3. The van der Waals surface area contributed by atoms with Gasteiger partial charge in [-0.15, -0.1) is 0 Å². The molecule has 0 N–H and O–H groups in total. The van der Waals surface area contributed by atoms with Crippen LogP contribution in [0.4, 0.5) is 5.69 Å². The van der Waals surface area contributed by atoms with E-state index in [2.05, 4.69) is 28.0 Å². The Kier molecular flexibility index (Phi) is 5.65. The molecule has 2 aromatic carbocycles. The van der Waals surface area contributed by atoms with E-state index in [1.54, 1.807) is 0 Å². The molecule has 27 heavy (non-hydrogen) atoms. The first-order valence-electron chi connectivity index (χ1n) is 9.80. The Balaban J connectivity index is 1.30. The van der Waals surface area contributed by atoms with Gasteiger partial charge < -0.3 is 9.80 Å². The summed E-state index contributed by atoms with van der Waals surface area (Å²) in [5, 5.41) is 0.790. The second-order valence-electron chi connectivity index (χ2n) is 7.44. The zero-order valence-corrected chi connectivity index (χ0v) is 16.4. The average Bonchev–Trinajstić information content (AvgIpc) is 3.23. The highest BCUT2D eigenvalue weighted by atomic mass is 35.5. The number of halogens is 1. The molecule has 4 nitrogen and oxygen atoms in total. The summed E-state index contributed by atoms with van der Waals surface area (Å²) >= 11 is 6.11. The largest absolute Gasteiger partial charge is 0.369 e. The maximum Gasteiger partial charge on any atom is 0.253 e. The maximum atomic E-state index is 12.4. The third-order valence-electron chi connectivity index (χ3n) is 5.55. The molecule has 2 fully saturated rings. The fraction of sp³-hybridized carbons (Fsp3) is 0.409. The normalized spacial score (nSPS) is 18.1. The van der Waals surface area contributed by atoms with Crippen molar-refractivity contribution in [2.24, 2.45) is 0 Å². The Labute approximate surface area is 166 Å². The molecule has 0 saturated carbocycles. The predicted molar refractivity (Wildman–Crippen MR) is 111 cm³/mol. The maximum absolute atomic E-state index is 12.4. The Morgan fingerprint density at radius 3 is 2.26 bits per heavy atom. The lowest BCUT2D eigenvalue weighted by Gasteiger charge is -2.36. The molecule has 0 aromatic heterocycles. The highest BCUT2D eigenvalue weighted by molar-refractivity contribution is 6.30. The van der Waals surface area contributed by atoms with Gasteiger partial charge in [-0.25, -0.2) is 0 Å². The fourth-order valence-electron chi connectivity index (χ4n) is 3.95. The lowest BCUT2D eigenvalue weighted by molar-refractivity contribution is 0.0793. The number of amides is 1. The van der Waals surface area contributed by atoms with Crippen molar-refractivity contribution in [2.75, 3.05) is 44.2 Å². The molecule has 2 saturated heterocycles. The highest BCUT2D eigenvalue weighted by Gasteiger charge is 2.20. The van der Waals surface area contributed by atoms with Crippen LogP contribution in [0.1, 0.15) is 28.8 Å². The summed E-state index contributed by atoms with van der Waals surface area (Å²) in [5.41, 5.74) is 3.28. The summed E-state index contributed by atoms with van der Waals surface area (Å²) < 4.78 is 0. The number of rotatable bonds is 4. The number of piperazine rings is 1. The van der Waals surface area contributed by atoms with Crippen molar-refractivity contribution in [2.45, 2.75) is 19.4 Å². The first kappa shape index (κ1) is 18.3. The summed E-state index contributed by atoms with van der Waals surface area (Å²) in [5.74, 6) is 0.175. The Bertz CT molecular complexity index is 778. The van der Waals surface area contributed by atoms with Crippen LogP contribution in [-0.4, -0.2) is 55.0 Å². The van der Waals surface area contributed by atoms with Crippen molar-refractivity contribution >= 4 is 23.2 Å². The highest BCUT2D eigenvalue weighted by Crippen LogP contribution is 2.21. The molecule has 0 radical (unpaired) electrons. The summed E-state index contributed by atoms with van der Waals surface area (Å²) in [6, 6.07) is 16.3. The van der Waals surface area contributed by atoms with Gasteiger partial charge in [0.05, 0.1) is 0 Å². The molecule has 0 atom stereocenters. The fourth-order valence-corrected chi connectivity index (χ4v) is 4.14. The first-order valence-corrected chi connectivity index (χ1v) is 10.2. The van der Waals surface area contributed by atoms with Crippen LogP contribution in [0.2, 0.25) is 5.02 Å². The second kappa shape index (κ2) is 8.32. The Hall–Kier alpha value is -2.04. The van der Waals surface area contributed by atoms with E-state index >= 15 is 0 Å². The summed E-state index contributed by atoms with van der Waals surface area (Å²) in [4.78, 5) is 19.3. The quantitative estimate of drug-likeness (QED) is 0.801. The summed E-state index contributed by atoms with van der Waals surface area (Å²) in [6.45, 7) is 6.80. The number of carbonyl (C=O) groups excluding carboxylic acids is 1. The van der Waals surface area contributed by atoms with Gasteiger partial charge in [0, 0.05) is 62.1 Å². The smallest absolute Gasteiger partial charge is 0.253 e. The number of benzene rings is 2. The SMILES string of the molecule is O=C(c1ccc(CN2CCN(c3cccc(Cl)c3)CC2)cc1)N1CCCC1. The number of nitrogens with zero attached hydrogens (tertiary/aromatic N) is 3. The van der Waals surface area contributed by atoms with E-state index in [9.17, 15) is 4.79 Å². The standard InChI is InChI=1S/C22H26ClN3O/c23-20-4-3-5-21(16-20)25-14-12-24(13-15-25)17-18-6-8-19(9-7-18)22(27)26-10-1-2-11-26/h3-9,16H,1-2,10-15,17H2. The molecule has 1 amide bonds. The summed E-state index contributed by atoms with van der Waals surface area (Å²) in [7, 11) is 0. The van der Waals surface area contributed by atoms with Gasteiger partial charge >= 0.3 is 0 Å². The minimum absolute atomic E-state index is 0.175. The van der Waals surface area contributed by atoms with Gasteiger partial charge in [0.25, 0.3) is 5.91 Å². The molecule has 2 aromatic rings. The molecule has 5 heteroatoms. The topological polar surface area (TPSA) is 26.8 Å². The Morgan fingerprint density at radius 1 is 0.889 bits per heavy atom. The van der Waals surface area contributed by atoms with Gasteiger partial charge in [-0.2, -0.15) is 0 Å². The van der Waals surface area contributed by atoms with Gasteiger partial charge in [-0.05, 0) is 48.7 Å². The van der Waals surface area contributed by atoms with Gasteiger partial charge in [0.15, 0.2) is 0 Å². The van der Waals surface area contributed by atoms with Crippen LogP contribution < -0.4 is 4.90 Å². The molecular weight excluding hydrogens is 358 g/mol. The van der Waals surface area contributed by atoms with Crippen LogP contribution in [0.5, 0.6) is 0 Å². The van der Waals surface area contributed by atoms with Crippen LogP contribution in [0, 0.1) is 0 Å². The van der Waals surface area contributed by atoms with Gasteiger partial charge in [-0.3, -0.25) is 9.69 Å². The molecule has 2 aliphatic heterocycles. The van der Waals surface area contributed by atoms with Gasteiger partial charge in [0.1, 0.15) is 0 Å².